The molecule has 56 valence electrons. The Morgan fingerprint density at radius 1 is 1.50 bits per heavy atom. The van der Waals surface area contributed by atoms with Gasteiger partial charge in [0.25, 0.3) is 0 Å². The molecule has 0 spiro atoms. The van der Waals surface area contributed by atoms with Crippen molar-refractivity contribution in [1.82, 2.24) is 9.97 Å². The molecule has 0 saturated heterocycles. The molecule has 0 N–H and O–H groups in total. The smallest absolute Gasteiger partial charge is 0.412 e. The maximum atomic E-state index is 11.7. The molecule has 0 aliphatic carbocycles. The van der Waals surface area contributed by atoms with Crippen LogP contribution in [0.1, 0.15) is 11.5 Å². The lowest BCUT2D eigenvalue weighted by atomic mass is 10.5. The first-order valence-electron chi connectivity index (χ1n) is 2.53. The fraction of sp³-hybridized carbons (Fsp3) is 0.400. The van der Waals surface area contributed by atoms with E-state index in [0.29, 0.717) is 0 Å². The Balaban J connectivity index is 2.96. The molecule has 0 amide bonds. The Morgan fingerprint density at radius 3 is 2.30 bits per heavy atom. The summed E-state index contributed by atoms with van der Waals surface area (Å²) < 4.78 is 35.1. The second kappa shape index (κ2) is 2.00. The predicted octanol–water partition coefficient (Wildman–Crippen LogP) is 1.37. The first kappa shape index (κ1) is 7.11. The van der Waals surface area contributed by atoms with E-state index in [4.69, 9.17) is 0 Å². The number of hydrogen-bond donors (Lipinski definition) is 0. The van der Waals surface area contributed by atoms with E-state index in [1.165, 1.54) is 6.92 Å². The van der Waals surface area contributed by atoms with E-state index >= 15 is 0 Å². The highest BCUT2D eigenvalue weighted by Crippen LogP contribution is 2.26. The summed E-state index contributed by atoms with van der Waals surface area (Å²) in [6.07, 6.45) is -3.64. The van der Waals surface area contributed by atoms with Gasteiger partial charge in [-0.25, -0.2) is 0 Å². The van der Waals surface area contributed by atoms with Crippen LogP contribution in [0.4, 0.5) is 13.2 Å². The Hall–Kier alpha value is -1.00. The molecule has 5 heteroatoms. The molecule has 0 saturated carbocycles. The highest BCUT2D eigenvalue weighted by molar-refractivity contribution is 5.03. The molecule has 1 aromatic rings. The number of rotatable bonds is 0. The molecule has 0 fully saturated rings. The first-order valence-corrected chi connectivity index (χ1v) is 2.53. The van der Waals surface area contributed by atoms with Crippen LogP contribution >= 0.6 is 0 Å². The zero-order chi connectivity index (χ0) is 7.78. The van der Waals surface area contributed by atoms with Crippen molar-refractivity contribution < 1.29 is 13.2 Å². The lowest BCUT2D eigenvalue weighted by molar-refractivity contribution is -0.140. The van der Waals surface area contributed by atoms with Gasteiger partial charge in [0, 0.05) is 5.69 Å². The largest absolute Gasteiger partial charge is 0.446 e. The van der Waals surface area contributed by atoms with Crippen molar-refractivity contribution in [3.63, 3.8) is 0 Å². The molecule has 0 aliphatic rings. The van der Waals surface area contributed by atoms with Crippen LogP contribution in [0.5, 0.6) is 0 Å². The summed E-state index contributed by atoms with van der Waals surface area (Å²) in [5.41, 5.74) is -0.926. The van der Waals surface area contributed by atoms with Gasteiger partial charge in [-0.15, -0.1) is 0 Å². The van der Waals surface area contributed by atoms with Crippen LogP contribution < -0.4 is 4.98 Å². The van der Waals surface area contributed by atoms with Crippen LogP contribution in [0.25, 0.3) is 0 Å². The SMILES string of the molecule is Cc1nc(C(F)(F)F)c[n-]1. The summed E-state index contributed by atoms with van der Waals surface area (Å²) in [6, 6.07) is 0. The highest BCUT2D eigenvalue weighted by atomic mass is 19.4. The number of aryl methyl sites for hydroxylation is 1. The van der Waals surface area contributed by atoms with Gasteiger partial charge in [0.05, 0.1) is 0 Å². The number of halogens is 3. The van der Waals surface area contributed by atoms with E-state index in [0.717, 1.165) is 6.20 Å². The van der Waals surface area contributed by atoms with Crippen molar-refractivity contribution in [2.45, 2.75) is 13.1 Å². The third-order valence-electron chi connectivity index (χ3n) is 0.946. The van der Waals surface area contributed by atoms with Crippen LogP contribution in [-0.4, -0.2) is 4.98 Å². The van der Waals surface area contributed by atoms with Crippen LogP contribution in [0, 0.1) is 6.92 Å². The fourth-order valence-corrected chi connectivity index (χ4v) is 0.523. The summed E-state index contributed by atoms with van der Waals surface area (Å²) in [5, 5.41) is 0. The number of aromatic nitrogens is 2. The number of imidazole rings is 1. The standard InChI is InChI=1S/C5H4F3N2/c1-3-9-2-4(10-3)5(6,7)8/h2H,1H3/q-1. The summed E-state index contributed by atoms with van der Waals surface area (Å²) in [5.74, 6) is 0.146. The van der Waals surface area contributed by atoms with Crippen molar-refractivity contribution in [2.24, 2.45) is 0 Å². The third kappa shape index (κ3) is 1.29. The Morgan fingerprint density at radius 2 is 2.10 bits per heavy atom. The molecular formula is C5H4F3N2-. The molecule has 1 rings (SSSR count). The van der Waals surface area contributed by atoms with E-state index in [-0.39, 0.29) is 5.82 Å². The average Bonchev–Trinajstić information content (AvgIpc) is 2.11. The van der Waals surface area contributed by atoms with Gasteiger partial charge < -0.3 is 9.97 Å². The van der Waals surface area contributed by atoms with Gasteiger partial charge in [0.2, 0.25) is 0 Å². The van der Waals surface area contributed by atoms with E-state index in [1.54, 1.807) is 0 Å². The normalized spacial score (nSPS) is 12.0. The topological polar surface area (TPSA) is 27.0 Å². The van der Waals surface area contributed by atoms with Crippen LogP contribution in [0.3, 0.4) is 0 Å². The summed E-state index contributed by atoms with van der Waals surface area (Å²) in [6.45, 7) is 1.41. The lowest BCUT2D eigenvalue weighted by Crippen LogP contribution is -2.04. The highest BCUT2D eigenvalue weighted by Gasteiger charge is 2.28. The Labute approximate surface area is 55.1 Å². The molecular weight excluding hydrogens is 145 g/mol. The lowest BCUT2D eigenvalue weighted by Gasteiger charge is -2.04. The summed E-state index contributed by atoms with van der Waals surface area (Å²) in [7, 11) is 0. The number of nitrogens with zero attached hydrogens (tertiary/aromatic N) is 2. The molecule has 0 atom stereocenters. The van der Waals surface area contributed by atoms with Gasteiger partial charge >= 0.3 is 6.18 Å². The van der Waals surface area contributed by atoms with Crippen LogP contribution in [0.2, 0.25) is 0 Å². The van der Waals surface area contributed by atoms with Gasteiger partial charge in [0.15, 0.2) is 0 Å². The Kier molecular flexibility index (Phi) is 1.42. The zero-order valence-corrected chi connectivity index (χ0v) is 5.11. The molecule has 1 heterocycles. The van der Waals surface area contributed by atoms with Gasteiger partial charge in [0.1, 0.15) is 0 Å². The minimum absolute atomic E-state index is 0.146. The number of hydrogen-bond acceptors (Lipinski definition) is 1. The quantitative estimate of drug-likeness (QED) is 0.557. The van der Waals surface area contributed by atoms with E-state index in [9.17, 15) is 13.2 Å². The number of alkyl halides is 3. The molecule has 0 bridgehead atoms. The third-order valence-corrected chi connectivity index (χ3v) is 0.946. The fourth-order valence-electron chi connectivity index (χ4n) is 0.523. The summed E-state index contributed by atoms with van der Waals surface area (Å²) >= 11 is 0. The van der Waals surface area contributed by atoms with Gasteiger partial charge in [-0.3, -0.25) is 0 Å². The maximum Gasteiger partial charge on any atom is 0.412 e. The van der Waals surface area contributed by atoms with Crippen LogP contribution in [0.15, 0.2) is 6.20 Å². The van der Waals surface area contributed by atoms with E-state index in [2.05, 4.69) is 9.97 Å². The first-order chi connectivity index (χ1) is 4.50. The molecule has 10 heavy (non-hydrogen) atoms. The van der Waals surface area contributed by atoms with Crippen molar-refractivity contribution in [1.29, 1.82) is 0 Å². The average molecular weight is 149 g/mol. The monoisotopic (exact) mass is 149 g/mol. The van der Waals surface area contributed by atoms with E-state index in [1.807, 2.05) is 0 Å². The molecule has 0 aromatic carbocycles. The molecule has 2 nitrogen and oxygen atoms in total. The van der Waals surface area contributed by atoms with Crippen molar-refractivity contribution in [3.05, 3.63) is 17.7 Å². The van der Waals surface area contributed by atoms with E-state index < -0.39 is 11.9 Å². The van der Waals surface area contributed by atoms with Crippen LogP contribution in [-0.2, 0) is 6.18 Å². The van der Waals surface area contributed by atoms with Gasteiger partial charge in [-0.05, 0) is 6.92 Å². The van der Waals surface area contributed by atoms with Gasteiger partial charge in [-0.1, -0.05) is 12.0 Å². The molecule has 0 unspecified atom stereocenters. The zero-order valence-electron chi connectivity index (χ0n) is 5.11. The van der Waals surface area contributed by atoms with Gasteiger partial charge in [-0.2, -0.15) is 13.2 Å². The minimum Gasteiger partial charge on any atom is -0.446 e. The molecule has 1 aromatic heterocycles. The molecule has 0 aliphatic heterocycles. The second-order valence-corrected chi connectivity index (χ2v) is 1.80. The maximum absolute atomic E-state index is 11.7. The summed E-state index contributed by atoms with van der Waals surface area (Å²) in [4.78, 5) is 6.50. The second-order valence-electron chi connectivity index (χ2n) is 1.80. The predicted molar refractivity (Wildman–Crippen MR) is 27.3 cm³/mol. The minimum atomic E-state index is -4.36. The van der Waals surface area contributed by atoms with Crippen molar-refractivity contribution in [3.8, 4) is 0 Å². The van der Waals surface area contributed by atoms with Crippen molar-refractivity contribution in [2.75, 3.05) is 0 Å². The Bertz CT molecular complexity index is 225. The van der Waals surface area contributed by atoms with Crippen molar-refractivity contribution >= 4 is 0 Å². The molecule has 0 radical (unpaired) electrons.